The SMILES string of the molecule is Cc1cc(NS(=O)(=O)c2ccc(NC(=O)c3cc(-c4ccc(Cl)cc4Cl)nc4ccccc34)cc2)nc(C)n1. The summed E-state index contributed by atoms with van der Waals surface area (Å²) >= 11 is 12.5. The molecule has 0 aliphatic rings. The molecular formula is C28H21Cl2N5O3S. The fraction of sp³-hybridized carbons (Fsp3) is 0.0714. The lowest BCUT2D eigenvalue weighted by atomic mass is 10.0. The second-order valence-electron chi connectivity index (χ2n) is 8.72. The molecule has 2 aromatic heterocycles. The van der Waals surface area contributed by atoms with Crippen molar-refractivity contribution in [2.45, 2.75) is 18.7 Å². The highest BCUT2D eigenvalue weighted by atomic mass is 35.5. The van der Waals surface area contributed by atoms with E-state index in [0.29, 0.717) is 55.0 Å². The van der Waals surface area contributed by atoms with E-state index in [4.69, 9.17) is 23.2 Å². The first kappa shape index (κ1) is 26.6. The molecule has 3 aromatic carbocycles. The molecule has 0 aliphatic heterocycles. The van der Waals surface area contributed by atoms with Crippen molar-refractivity contribution in [2.75, 3.05) is 10.0 Å². The molecule has 2 N–H and O–H groups in total. The quantitative estimate of drug-likeness (QED) is 0.233. The number of benzene rings is 3. The van der Waals surface area contributed by atoms with E-state index in [9.17, 15) is 13.2 Å². The Morgan fingerprint density at radius 3 is 2.31 bits per heavy atom. The monoisotopic (exact) mass is 577 g/mol. The second-order valence-corrected chi connectivity index (χ2v) is 11.2. The molecule has 196 valence electrons. The summed E-state index contributed by atoms with van der Waals surface area (Å²) in [5.41, 5.74) is 3.21. The Bertz CT molecular complexity index is 1820. The molecule has 0 unspecified atom stereocenters. The highest BCUT2D eigenvalue weighted by Crippen LogP contribution is 2.32. The highest BCUT2D eigenvalue weighted by molar-refractivity contribution is 7.92. The van der Waals surface area contributed by atoms with Crippen molar-refractivity contribution < 1.29 is 13.2 Å². The molecule has 0 spiro atoms. The van der Waals surface area contributed by atoms with Crippen LogP contribution in [-0.4, -0.2) is 29.3 Å². The van der Waals surface area contributed by atoms with E-state index in [1.165, 1.54) is 24.3 Å². The summed E-state index contributed by atoms with van der Waals surface area (Å²) in [6, 6.07) is 21.4. The molecule has 8 nitrogen and oxygen atoms in total. The molecule has 2 heterocycles. The maximum absolute atomic E-state index is 13.4. The smallest absolute Gasteiger partial charge is 0.263 e. The predicted molar refractivity (Wildman–Crippen MR) is 154 cm³/mol. The van der Waals surface area contributed by atoms with Crippen LogP contribution >= 0.6 is 23.2 Å². The first-order chi connectivity index (χ1) is 18.6. The highest BCUT2D eigenvalue weighted by Gasteiger charge is 2.18. The fourth-order valence-electron chi connectivity index (χ4n) is 4.08. The average molecular weight is 578 g/mol. The van der Waals surface area contributed by atoms with Gasteiger partial charge < -0.3 is 5.32 Å². The van der Waals surface area contributed by atoms with E-state index in [2.05, 4.69) is 25.0 Å². The van der Waals surface area contributed by atoms with Crippen molar-refractivity contribution in [1.29, 1.82) is 0 Å². The number of aryl methyl sites for hydroxylation is 2. The summed E-state index contributed by atoms with van der Waals surface area (Å²) in [6.07, 6.45) is 0. The Labute approximate surface area is 235 Å². The number of fused-ring (bicyclic) bond motifs is 1. The molecule has 39 heavy (non-hydrogen) atoms. The van der Waals surface area contributed by atoms with Crippen LogP contribution in [0, 0.1) is 13.8 Å². The van der Waals surface area contributed by atoms with Crippen molar-refractivity contribution in [3.8, 4) is 11.3 Å². The Morgan fingerprint density at radius 1 is 0.846 bits per heavy atom. The number of pyridine rings is 1. The Kier molecular flexibility index (Phi) is 7.22. The van der Waals surface area contributed by atoms with E-state index in [1.54, 1.807) is 44.2 Å². The number of hydrogen-bond acceptors (Lipinski definition) is 6. The number of rotatable bonds is 6. The van der Waals surface area contributed by atoms with E-state index >= 15 is 0 Å². The minimum absolute atomic E-state index is 0.0171. The third kappa shape index (κ3) is 5.85. The number of aromatic nitrogens is 3. The molecule has 0 atom stereocenters. The number of sulfonamides is 1. The number of halogens is 2. The summed E-state index contributed by atoms with van der Waals surface area (Å²) < 4.78 is 28.2. The van der Waals surface area contributed by atoms with Crippen molar-refractivity contribution in [3.63, 3.8) is 0 Å². The molecule has 0 radical (unpaired) electrons. The van der Waals surface area contributed by atoms with Crippen molar-refractivity contribution in [2.24, 2.45) is 0 Å². The van der Waals surface area contributed by atoms with Gasteiger partial charge in [-0.25, -0.2) is 23.4 Å². The van der Waals surface area contributed by atoms with Crippen LogP contribution in [0.3, 0.4) is 0 Å². The van der Waals surface area contributed by atoms with Crippen LogP contribution in [0.2, 0.25) is 10.0 Å². The molecule has 0 saturated carbocycles. The first-order valence-corrected chi connectivity index (χ1v) is 13.9. The summed E-state index contributed by atoms with van der Waals surface area (Å²) in [7, 11) is -3.90. The fourth-order valence-corrected chi connectivity index (χ4v) is 5.58. The minimum Gasteiger partial charge on any atom is -0.322 e. The number of hydrogen-bond donors (Lipinski definition) is 2. The van der Waals surface area contributed by atoms with Crippen molar-refractivity contribution in [1.82, 2.24) is 15.0 Å². The molecule has 0 saturated heterocycles. The van der Waals surface area contributed by atoms with Gasteiger partial charge in [0.05, 0.1) is 26.7 Å². The first-order valence-electron chi connectivity index (χ1n) is 11.7. The zero-order valence-electron chi connectivity index (χ0n) is 20.7. The normalized spacial score (nSPS) is 11.4. The Morgan fingerprint density at radius 2 is 1.59 bits per heavy atom. The van der Waals surface area contributed by atoms with Gasteiger partial charge in [0, 0.05) is 33.4 Å². The maximum Gasteiger partial charge on any atom is 0.263 e. The largest absolute Gasteiger partial charge is 0.322 e. The molecule has 11 heteroatoms. The van der Waals surface area contributed by atoms with Gasteiger partial charge in [-0.15, -0.1) is 0 Å². The molecule has 0 aliphatic carbocycles. The van der Waals surface area contributed by atoms with Gasteiger partial charge >= 0.3 is 0 Å². The van der Waals surface area contributed by atoms with Crippen LogP contribution in [0.4, 0.5) is 11.5 Å². The number of carbonyl (C=O) groups is 1. The summed E-state index contributed by atoms with van der Waals surface area (Å²) in [6.45, 7) is 3.43. The van der Waals surface area contributed by atoms with Crippen LogP contribution in [0.1, 0.15) is 21.9 Å². The Balaban J connectivity index is 1.42. The van der Waals surface area contributed by atoms with Gasteiger partial charge in [-0.2, -0.15) is 0 Å². The lowest BCUT2D eigenvalue weighted by molar-refractivity contribution is 0.102. The van der Waals surface area contributed by atoms with E-state index in [1.807, 2.05) is 24.3 Å². The van der Waals surface area contributed by atoms with Crippen LogP contribution in [-0.2, 0) is 10.0 Å². The maximum atomic E-state index is 13.4. The second kappa shape index (κ2) is 10.6. The number of nitrogens with zero attached hydrogens (tertiary/aromatic N) is 3. The number of amides is 1. The zero-order valence-corrected chi connectivity index (χ0v) is 23.1. The topological polar surface area (TPSA) is 114 Å². The molecular weight excluding hydrogens is 557 g/mol. The van der Waals surface area contributed by atoms with Crippen molar-refractivity contribution >= 4 is 61.5 Å². The van der Waals surface area contributed by atoms with Gasteiger partial charge in [0.15, 0.2) is 0 Å². The van der Waals surface area contributed by atoms with Gasteiger partial charge in [-0.05, 0) is 68.4 Å². The van der Waals surface area contributed by atoms with Gasteiger partial charge in [0.2, 0.25) is 0 Å². The van der Waals surface area contributed by atoms with E-state index in [0.717, 1.165) is 0 Å². The molecule has 5 aromatic rings. The summed E-state index contributed by atoms with van der Waals surface area (Å²) in [5.74, 6) is 0.245. The van der Waals surface area contributed by atoms with Crippen LogP contribution in [0.25, 0.3) is 22.2 Å². The van der Waals surface area contributed by atoms with Crippen molar-refractivity contribution in [3.05, 3.63) is 106 Å². The zero-order chi connectivity index (χ0) is 27.7. The summed E-state index contributed by atoms with van der Waals surface area (Å²) in [5, 5.41) is 4.40. The third-order valence-corrected chi connectivity index (χ3v) is 7.71. The molecule has 5 rings (SSSR count). The third-order valence-electron chi connectivity index (χ3n) is 5.80. The van der Waals surface area contributed by atoms with Gasteiger partial charge in [-0.1, -0.05) is 41.4 Å². The van der Waals surface area contributed by atoms with E-state index in [-0.39, 0.29) is 16.6 Å². The molecule has 1 amide bonds. The molecule has 0 bridgehead atoms. The predicted octanol–water partition coefficient (Wildman–Crippen LogP) is 6.67. The Hall–Kier alpha value is -4.05. The van der Waals surface area contributed by atoms with E-state index < -0.39 is 10.0 Å². The van der Waals surface area contributed by atoms with Crippen LogP contribution < -0.4 is 10.0 Å². The van der Waals surface area contributed by atoms with Gasteiger partial charge in [0.1, 0.15) is 11.6 Å². The standard InChI is InChI=1S/C28H21Cl2N5O3S/c1-16-13-27(32-17(2)31-16)35-39(37,38)20-10-8-19(9-11-20)33-28(36)23-15-26(22-12-7-18(29)14-24(22)30)34-25-6-4-3-5-21(23)25/h3-15H,1-2H3,(H,33,36)(H,31,32,35). The lowest BCUT2D eigenvalue weighted by Gasteiger charge is -2.12. The van der Waals surface area contributed by atoms with Crippen LogP contribution in [0.5, 0.6) is 0 Å². The number of anilines is 2. The van der Waals surface area contributed by atoms with Gasteiger partial charge in [-0.3, -0.25) is 9.52 Å². The van der Waals surface area contributed by atoms with Crippen LogP contribution in [0.15, 0.2) is 83.8 Å². The number of carbonyl (C=O) groups excluding carboxylic acids is 1. The summed E-state index contributed by atoms with van der Waals surface area (Å²) in [4.78, 5) is 26.4. The lowest BCUT2D eigenvalue weighted by Crippen LogP contribution is -2.15. The van der Waals surface area contributed by atoms with Gasteiger partial charge in [0.25, 0.3) is 15.9 Å². The average Bonchev–Trinajstić information content (AvgIpc) is 2.87. The minimum atomic E-state index is -3.90. The number of nitrogens with one attached hydrogen (secondary N) is 2. The molecule has 0 fully saturated rings. The number of para-hydroxylation sites is 1.